The summed E-state index contributed by atoms with van der Waals surface area (Å²) in [4.78, 5) is 28.0. The Morgan fingerprint density at radius 1 is 1.38 bits per heavy atom. The van der Waals surface area contributed by atoms with E-state index >= 15 is 0 Å². The SMILES string of the molecule is CC(C)(N)C(=O)NC1CC(=O)N(CCN2CCOCC2)C1. The minimum atomic E-state index is -0.912. The lowest BCUT2D eigenvalue weighted by atomic mass is 10.1. The summed E-state index contributed by atoms with van der Waals surface area (Å²) >= 11 is 0. The number of carbonyl (C=O) groups excluding carboxylic acids is 2. The number of rotatable bonds is 5. The van der Waals surface area contributed by atoms with Crippen LogP contribution in [0.25, 0.3) is 0 Å². The van der Waals surface area contributed by atoms with Crippen molar-refractivity contribution < 1.29 is 14.3 Å². The fourth-order valence-electron chi connectivity index (χ4n) is 2.54. The first-order valence-corrected chi connectivity index (χ1v) is 7.54. The third-order valence-corrected chi connectivity index (χ3v) is 3.92. The van der Waals surface area contributed by atoms with Gasteiger partial charge in [0.25, 0.3) is 0 Å². The Labute approximate surface area is 125 Å². The third-order valence-electron chi connectivity index (χ3n) is 3.92. The summed E-state index contributed by atoms with van der Waals surface area (Å²) in [5.41, 5.74) is 4.84. The molecule has 2 fully saturated rings. The molecule has 0 spiro atoms. The molecule has 2 heterocycles. The molecule has 2 aliphatic rings. The van der Waals surface area contributed by atoms with E-state index in [1.54, 1.807) is 13.8 Å². The number of amides is 2. The van der Waals surface area contributed by atoms with Gasteiger partial charge in [-0.15, -0.1) is 0 Å². The maximum atomic E-state index is 12.0. The maximum absolute atomic E-state index is 12.0. The summed E-state index contributed by atoms with van der Waals surface area (Å²) in [7, 11) is 0. The number of morpholine rings is 1. The van der Waals surface area contributed by atoms with Crippen LogP contribution in [0.15, 0.2) is 0 Å². The summed E-state index contributed by atoms with van der Waals surface area (Å²) < 4.78 is 5.30. The minimum Gasteiger partial charge on any atom is -0.379 e. The number of nitrogens with two attached hydrogens (primary N) is 1. The molecule has 0 aromatic rings. The maximum Gasteiger partial charge on any atom is 0.239 e. The molecule has 2 amide bonds. The van der Waals surface area contributed by atoms with Gasteiger partial charge in [-0.05, 0) is 13.8 Å². The molecule has 3 N–H and O–H groups in total. The first-order chi connectivity index (χ1) is 9.86. The number of ether oxygens (including phenoxy) is 1. The average molecular weight is 298 g/mol. The molecule has 2 saturated heterocycles. The predicted octanol–water partition coefficient (Wildman–Crippen LogP) is -1.23. The van der Waals surface area contributed by atoms with Gasteiger partial charge in [-0.2, -0.15) is 0 Å². The standard InChI is InChI=1S/C14H26N4O3/c1-14(2,15)13(20)16-11-9-12(19)18(10-11)4-3-17-5-7-21-8-6-17/h11H,3-10,15H2,1-2H3,(H,16,20). The van der Waals surface area contributed by atoms with Gasteiger partial charge in [0.15, 0.2) is 0 Å². The van der Waals surface area contributed by atoms with E-state index in [9.17, 15) is 9.59 Å². The number of nitrogens with one attached hydrogen (secondary N) is 1. The molecule has 0 radical (unpaired) electrons. The second-order valence-electron chi connectivity index (χ2n) is 6.39. The van der Waals surface area contributed by atoms with Crippen LogP contribution in [-0.2, 0) is 14.3 Å². The van der Waals surface area contributed by atoms with E-state index in [1.807, 2.05) is 4.90 Å². The smallest absolute Gasteiger partial charge is 0.239 e. The normalized spacial score (nSPS) is 24.4. The van der Waals surface area contributed by atoms with E-state index in [0.717, 1.165) is 32.8 Å². The largest absolute Gasteiger partial charge is 0.379 e. The van der Waals surface area contributed by atoms with Gasteiger partial charge in [0.2, 0.25) is 11.8 Å². The van der Waals surface area contributed by atoms with Crippen molar-refractivity contribution >= 4 is 11.8 Å². The lowest BCUT2D eigenvalue weighted by Crippen LogP contribution is -2.52. The van der Waals surface area contributed by atoms with Gasteiger partial charge in [-0.3, -0.25) is 14.5 Å². The van der Waals surface area contributed by atoms with Gasteiger partial charge in [0.1, 0.15) is 0 Å². The lowest BCUT2D eigenvalue weighted by Gasteiger charge is -2.28. The third kappa shape index (κ3) is 4.66. The van der Waals surface area contributed by atoms with Crippen molar-refractivity contribution in [2.24, 2.45) is 5.73 Å². The fourth-order valence-corrected chi connectivity index (χ4v) is 2.54. The second-order valence-corrected chi connectivity index (χ2v) is 6.39. The van der Waals surface area contributed by atoms with Crippen LogP contribution in [0.1, 0.15) is 20.3 Å². The molecule has 1 atom stereocenters. The van der Waals surface area contributed by atoms with Gasteiger partial charge >= 0.3 is 0 Å². The fraction of sp³-hybridized carbons (Fsp3) is 0.857. The molecule has 2 rings (SSSR count). The molecular weight excluding hydrogens is 272 g/mol. The lowest BCUT2D eigenvalue weighted by molar-refractivity contribution is -0.128. The van der Waals surface area contributed by atoms with Crippen LogP contribution >= 0.6 is 0 Å². The Bertz CT molecular complexity index is 388. The average Bonchev–Trinajstić information content (AvgIpc) is 2.76. The number of hydrogen-bond donors (Lipinski definition) is 2. The van der Waals surface area contributed by atoms with Crippen LogP contribution in [0.5, 0.6) is 0 Å². The highest BCUT2D eigenvalue weighted by Crippen LogP contribution is 2.12. The number of nitrogens with zero attached hydrogens (tertiary/aromatic N) is 2. The zero-order chi connectivity index (χ0) is 15.5. The zero-order valence-corrected chi connectivity index (χ0v) is 12.9. The summed E-state index contributed by atoms with van der Waals surface area (Å²) in [6, 6.07) is -0.127. The Morgan fingerprint density at radius 3 is 2.67 bits per heavy atom. The Morgan fingerprint density at radius 2 is 2.05 bits per heavy atom. The van der Waals surface area contributed by atoms with Gasteiger partial charge < -0.3 is 20.7 Å². The van der Waals surface area contributed by atoms with Gasteiger partial charge in [0.05, 0.1) is 24.8 Å². The Balaban J connectivity index is 1.75. The molecule has 7 nitrogen and oxygen atoms in total. The molecular formula is C14H26N4O3. The highest BCUT2D eigenvalue weighted by molar-refractivity contribution is 5.87. The molecule has 0 saturated carbocycles. The van der Waals surface area contributed by atoms with E-state index in [0.29, 0.717) is 19.5 Å². The molecule has 120 valence electrons. The van der Waals surface area contributed by atoms with Crippen molar-refractivity contribution in [2.45, 2.75) is 31.8 Å². The van der Waals surface area contributed by atoms with Crippen LogP contribution in [0.2, 0.25) is 0 Å². The number of hydrogen-bond acceptors (Lipinski definition) is 5. The van der Waals surface area contributed by atoms with Gasteiger partial charge in [-0.1, -0.05) is 0 Å². The minimum absolute atomic E-state index is 0.100. The highest BCUT2D eigenvalue weighted by Gasteiger charge is 2.33. The highest BCUT2D eigenvalue weighted by atomic mass is 16.5. The second kappa shape index (κ2) is 6.72. The first-order valence-electron chi connectivity index (χ1n) is 7.54. The Hall–Kier alpha value is -1.18. The predicted molar refractivity (Wildman–Crippen MR) is 78.7 cm³/mol. The van der Waals surface area contributed by atoms with Crippen LogP contribution in [0.4, 0.5) is 0 Å². The van der Waals surface area contributed by atoms with Crippen LogP contribution in [0, 0.1) is 0 Å². The monoisotopic (exact) mass is 298 g/mol. The summed E-state index contributed by atoms with van der Waals surface area (Å²) in [5.74, 6) is -0.112. The molecule has 0 bridgehead atoms. The van der Waals surface area contributed by atoms with E-state index in [1.165, 1.54) is 0 Å². The van der Waals surface area contributed by atoms with Crippen LogP contribution in [-0.4, -0.2) is 79.1 Å². The van der Waals surface area contributed by atoms with Crippen molar-refractivity contribution in [3.8, 4) is 0 Å². The topological polar surface area (TPSA) is 87.9 Å². The van der Waals surface area contributed by atoms with Gasteiger partial charge in [0, 0.05) is 39.1 Å². The van der Waals surface area contributed by atoms with Crippen LogP contribution < -0.4 is 11.1 Å². The molecule has 2 aliphatic heterocycles. The molecule has 7 heteroatoms. The molecule has 0 aromatic carbocycles. The van der Waals surface area contributed by atoms with E-state index in [4.69, 9.17) is 10.5 Å². The van der Waals surface area contributed by atoms with Crippen molar-refractivity contribution in [2.75, 3.05) is 45.9 Å². The quantitative estimate of drug-likeness (QED) is 0.664. The number of likely N-dealkylation sites (tertiary alicyclic amines) is 1. The molecule has 21 heavy (non-hydrogen) atoms. The van der Waals surface area contributed by atoms with E-state index < -0.39 is 5.54 Å². The van der Waals surface area contributed by atoms with E-state index in [2.05, 4.69) is 10.2 Å². The Kier molecular flexibility index (Phi) is 5.18. The van der Waals surface area contributed by atoms with Crippen molar-refractivity contribution in [1.82, 2.24) is 15.1 Å². The zero-order valence-electron chi connectivity index (χ0n) is 12.9. The van der Waals surface area contributed by atoms with Crippen molar-refractivity contribution in [3.63, 3.8) is 0 Å². The van der Waals surface area contributed by atoms with E-state index in [-0.39, 0.29) is 17.9 Å². The van der Waals surface area contributed by atoms with Crippen molar-refractivity contribution in [3.05, 3.63) is 0 Å². The van der Waals surface area contributed by atoms with Gasteiger partial charge in [-0.25, -0.2) is 0 Å². The molecule has 1 unspecified atom stereocenters. The summed E-state index contributed by atoms with van der Waals surface area (Å²) in [6.45, 7) is 8.83. The van der Waals surface area contributed by atoms with Crippen molar-refractivity contribution in [1.29, 1.82) is 0 Å². The van der Waals surface area contributed by atoms with Crippen LogP contribution in [0.3, 0.4) is 0 Å². The molecule has 0 aliphatic carbocycles. The molecule has 0 aromatic heterocycles. The first kappa shape index (κ1) is 16.2. The summed E-state index contributed by atoms with van der Waals surface area (Å²) in [5, 5.41) is 2.86. The number of carbonyl (C=O) groups is 2. The summed E-state index contributed by atoms with van der Waals surface area (Å²) in [6.07, 6.45) is 0.366.